The number of halogens is 1. The van der Waals surface area contributed by atoms with Crippen LogP contribution in [0, 0.1) is 0 Å². The minimum atomic E-state index is -0.821. The number of hydrogen-bond acceptors (Lipinski definition) is 5. The number of anilines is 3. The molecule has 5 rings (SSSR count). The molecule has 5 nitrogen and oxygen atoms in total. The summed E-state index contributed by atoms with van der Waals surface area (Å²) in [6.45, 7) is 5.36. The molecule has 0 amide bonds. The normalized spacial score (nSPS) is 16.2. The van der Waals surface area contributed by atoms with Gasteiger partial charge in [0.15, 0.2) is 0 Å². The van der Waals surface area contributed by atoms with Gasteiger partial charge in [0, 0.05) is 35.8 Å². The van der Waals surface area contributed by atoms with Gasteiger partial charge in [0.1, 0.15) is 17.5 Å². The minimum Gasteiger partial charge on any atom is -0.386 e. The van der Waals surface area contributed by atoms with E-state index in [4.69, 9.17) is 21.6 Å². The summed E-state index contributed by atoms with van der Waals surface area (Å²) in [4.78, 5) is 12.0. The molecule has 1 aliphatic heterocycles. The van der Waals surface area contributed by atoms with Crippen LogP contribution in [0.2, 0.25) is 5.02 Å². The second kappa shape index (κ2) is 7.81. The van der Waals surface area contributed by atoms with Crippen LogP contribution in [0.3, 0.4) is 0 Å². The van der Waals surface area contributed by atoms with Crippen molar-refractivity contribution < 1.29 is 5.11 Å². The Morgan fingerprint density at radius 2 is 1.90 bits per heavy atom. The van der Waals surface area contributed by atoms with Crippen molar-refractivity contribution in [3.8, 4) is 0 Å². The number of nitrogens with zero attached hydrogens (tertiary/aromatic N) is 3. The Labute approximate surface area is 188 Å². The summed E-state index contributed by atoms with van der Waals surface area (Å²) < 4.78 is 0. The fourth-order valence-electron chi connectivity index (χ4n) is 4.05. The second-order valence-corrected chi connectivity index (χ2v) is 9.53. The summed E-state index contributed by atoms with van der Waals surface area (Å²) >= 11 is 6.15. The predicted octanol–water partition coefficient (Wildman–Crippen LogP) is 5.54. The molecule has 6 heteroatoms. The topological polar surface area (TPSA) is 61.3 Å². The fourth-order valence-corrected chi connectivity index (χ4v) is 4.24. The van der Waals surface area contributed by atoms with Crippen molar-refractivity contribution >= 4 is 28.9 Å². The van der Waals surface area contributed by atoms with Crippen LogP contribution in [0.15, 0.2) is 48.5 Å². The number of fused-ring (bicyclic) bond motifs is 1. The zero-order valence-corrected chi connectivity index (χ0v) is 18.7. The Morgan fingerprint density at radius 3 is 2.65 bits per heavy atom. The molecular formula is C25H27ClN4O. The lowest BCUT2D eigenvalue weighted by Gasteiger charge is -2.31. The van der Waals surface area contributed by atoms with Crippen LogP contribution in [0.25, 0.3) is 0 Å². The Balaban J connectivity index is 1.43. The first-order valence-corrected chi connectivity index (χ1v) is 11.2. The number of aliphatic hydroxyl groups is 1. The van der Waals surface area contributed by atoms with Crippen molar-refractivity contribution in [2.75, 3.05) is 16.8 Å². The Hall–Kier alpha value is -2.63. The van der Waals surface area contributed by atoms with Gasteiger partial charge in [-0.3, -0.25) is 0 Å². The summed E-state index contributed by atoms with van der Waals surface area (Å²) in [5, 5.41) is 14.4. The van der Waals surface area contributed by atoms with Crippen molar-refractivity contribution in [3.05, 3.63) is 76.1 Å². The van der Waals surface area contributed by atoms with Gasteiger partial charge in [0.25, 0.3) is 0 Å². The molecule has 0 bridgehead atoms. The standard InChI is InChI=1S/C25H27ClN4O/c1-25(2,31)19-9-8-18-15-30(11-10-17(18)12-19)23-14-22(28-24(29-23)16-6-7-16)27-21-5-3-4-20(26)13-21/h3-5,8-9,12-14,16,31H,6-7,10-11,15H2,1-2H3,(H,27,28,29). The van der Waals surface area contributed by atoms with E-state index in [2.05, 4.69) is 22.3 Å². The van der Waals surface area contributed by atoms with Crippen LogP contribution in [0.5, 0.6) is 0 Å². The van der Waals surface area contributed by atoms with Crippen LogP contribution in [-0.4, -0.2) is 21.6 Å². The third-order valence-corrected chi connectivity index (χ3v) is 6.25. The highest BCUT2D eigenvalue weighted by atomic mass is 35.5. The number of nitrogens with one attached hydrogen (secondary N) is 1. The van der Waals surface area contributed by atoms with Gasteiger partial charge in [-0.1, -0.05) is 35.9 Å². The molecule has 0 atom stereocenters. The Morgan fingerprint density at radius 1 is 1.06 bits per heavy atom. The molecular weight excluding hydrogens is 408 g/mol. The van der Waals surface area contributed by atoms with E-state index in [1.54, 1.807) is 0 Å². The van der Waals surface area contributed by atoms with Crippen LogP contribution >= 0.6 is 11.6 Å². The van der Waals surface area contributed by atoms with E-state index < -0.39 is 5.60 Å². The van der Waals surface area contributed by atoms with Gasteiger partial charge < -0.3 is 15.3 Å². The van der Waals surface area contributed by atoms with Crippen molar-refractivity contribution in [2.24, 2.45) is 0 Å². The summed E-state index contributed by atoms with van der Waals surface area (Å²) in [6.07, 6.45) is 3.24. The molecule has 0 saturated heterocycles. The lowest BCUT2D eigenvalue weighted by molar-refractivity contribution is 0.0785. The van der Waals surface area contributed by atoms with E-state index in [1.807, 2.05) is 50.2 Å². The molecule has 2 heterocycles. The maximum atomic E-state index is 10.3. The van der Waals surface area contributed by atoms with Gasteiger partial charge in [-0.05, 0) is 68.0 Å². The molecule has 2 aliphatic rings. The van der Waals surface area contributed by atoms with Crippen molar-refractivity contribution in [2.45, 2.75) is 51.2 Å². The van der Waals surface area contributed by atoms with Crippen molar-refractivity contribution in [1.29, 1.82) is 0 Å². The average molecular weight is 435 g/mol. The summed E-state index contributed by atoms with van der Waals surface area (Å²) in [6, 6.07) is 16.0. The lowest BCUT2D eigenvalue weighted by atomic mass is 9.91. The highest BCUT2D eigenvalue weighted by Gasteiger charge is 2.29. The number of rotatable bonds is 5. The van der Waals surface area contributed by atoms with E-state index in [1.165, 1.54) is 11.1 Å². The van der Waals surface area contributed by atoms with E-state index >= 15 is 0 Å². The van der Waals surface area contributed by atoms with Crippen molar-refractivity contribution in [1.82, 2.24) is 9.97 Å². The van der Waals surface area contributed by atoms with Gasteiger partial charge in [-0.25, -0.2) is 9.97 Å². The van der Waals surface area contributed by atoms with E-state index in [-0.39, 0.29) is 0 Å². The average Bonchev–Trinajstić information content (AvgIpc) is 3.57. The maximum absolute atomic E-state index is 10.3. The van der Waals surface area contributed by atoms with Crippen molar-refractivity contribution in [3.63, 3.8) is 0 Å². The predicted molar refractivity (Wildman–Crippen MR) is 125 cm³/mol. The second-order valence-electron chi connectivity index (χ2n) is 9.09. The molecule has 31 heavy (non-hydrogen) atoms. The largest absolute Gasteiger partial charge is 0.386 e. The van der Waals surface area contributed by atoms with Gasteiger partial charge >= 0.3 is 0 Å². The molecule has 0 unspecified atom stereocenters. The molecule has 1 saturated carbocycles. The molecule has 1 fully saturated rings. The molecule has 0 radical (unpaired) electrons. The van der Waals surface area contributed by atoms with E-state index in [0.29, 0.717) is 10.9 Å². The number of hydrogen-bond donors (Lipinski definition) is 2. The van der Waals surface area contributed by atoms with Crippen LogP contribution in [-0.2, 0) is 18.6 Å². The van der Waals surface area contributed by atoms with Gasteiger partial charge in [0.2, 0.25) is 0 Å². The maximum Gasteiger partial charge on any atom is 0.136 e. The monoisotopic (exact) mass is 434 g/mol. The molecule has 1 aromatic heterocycles. The van der Waals surface area contributed by atoms with E-state index in [0.717, 1.165) is 61.1 Å². The summed E-state index contributed by atoms with van der Waals surface area (Å²) in [7, 11) is 0. The highest BCUT2D eigenvalue weighted by molar-refractivity contribution is 6.30. The van der Waals surface area contributed by atoms with Crippen LogP contribution in [0.4, 0.5) is 17.3 Å². The molecule has 2 aromatic carbocycles. The molecule has 0 spiro atoms. The van der Waals surface area contributed by atoms with Gasteiger partial charge in [0.05, 0.1) is 5.60 Å². The first-order chi connectivity index (χ1) is 14.8. The fraction of sp³-hybridized carbons (Fsp3) is 0.360. The number of aromatic nitrogens is 2. The Bertz CT molecular complexity index is 1120. The summed E-state index contributed by atoms with van der Waals surface area (Å²) in [5.41, 5.74) is 3.66. The minimum absolute atomic E-state index is 0.464. The molecule has 2 N–H and O–H groups in total. The van der Waals surface area contributed by atoms with Gasteiger partial charge in [-0.2, -0.15) is 0 Å². The molecule has 3 aromatic rings. The third-order valence-electron chi connectivity index (χ3n) is 6.02. The van der Waals surface area contributed by atoms with Crippen LogP contribution in [0.1, 0.15) is 55.1 Å². The van der Waals surface area contributed by atoms with Crippen LogP contribution < -0.4 is 10.2 Å². The first-order valence-electron chi connectivity index (χ1n) is 10.9. The zero-order chi connectivity index (χ0) is 21.6. The summed E-state index contributed by atoms with van der Waals surface area (Å²) in [5.74, 6) is 3.15. The molecule has 1 aliphatic carbocycles. The number of benzene rings is 2. The Kier molecular flexibility index (Phi) is 5.11. The van der Waals surface area contributed by atoms with E-state index in [9.17, 15) is 5.11 Å². The third kappa shape index (κ3) is 4.53. The first kappa shape index (κ1) is 20.3. The smallest absolute Gasteiger partial charge is 0.136 e. The highest BCUT2D eigenvalue weighted by Crippen LogP contribution is 2.40. The zero-order valence-electron chi connectivity index (χ0n) is 17.9. The lowest BCUT2D eigenvalue weighted by Crippen LogP contribution is -2.32. The van der Waals surface area contributed by atoms with Gasteiger partial charge in [-0.15, -0.1) is 0 Å². The quantitative estimate of drug-likeness (QED) is 0.552. The molecule has 160 valence electrons. The SMILES string of the molecule is CC(C)(O)c1ccc2c(c1)CCN(c1cc(Nc3cccc(Cl)c3)nc(C3CC3)n1)C2.